The highest BCUT2D eigenvalue weighted by molar-refractivity contribution is 5.94. The molecule has 0 spiro atoms. The summed E-state index contributed by atoms with van der Waals surface area (Å²) in [6.45, 7) is 5.63. The predicted molar refractivity (Wildman–Crippen MR) is 142 cm³/mol. The molecule has 0 radical (unpaired) electrons. The lowest BCUT2D eigenvalue weighted by Crippen LogP contribution is -2.39. The van der Waals surface area contributed by atoms with Gasteiger partial charge in [0.25, 0.3) is 5.91 Å². The van der Waals surface area contributed by atoms with E-state index in [1.54, 1.807) is 11.0 Å². The minimum atomic E-state index is -4.52. The first kappa shape index (κ1) is 30.6. The van der Waals surface area contributed by atoms with Gasteiger partial charge in [0.15, 0.2) is 0 Å². The standard InChI is InChI=1S/C31H31F7N2O/c1-20(2)15-40(29(41)22-8-12-27(32)13-9-22)18-24-17-39(16-21-6-10-25(11-7-21)30(33,34)35)19-28(24)23-4-3-5-26(14-23)31(36,37)38/h3-14,20,24,28H,15-19H2,1-2H3/t24-,28+/m0/s1. The molecule has 220 valence electrons. The molecule has 0 aliphatic carbocycles. The summed E-state index contributed by atoms with van der Waals surface area (Å²) in [7, 11) is 0. The van der Waals surface area contributed by atoms with Crippen molar-refractivity contribution in [1.29, 1.82) is 0 Å². The number of nitrogens with zero attached hydrogens (tertiary/aromatic N) is 2. The number of amides is 1. The number of benzene rings is 3. The van der Waals surface area contributed by atoms with Crippen LogP contribution in [0.2, 0.25) is 0 Å². The zero-order valence-electron chi connectivity index (χ0n) is 22.6. The highest BCUT2D eigenvalue weighted by atomic mass is 19.4. The molecular formula is C31H31F7N2O. The van der Waals surface area contributed by atoms with E-state index in [0.717, 1.165) is 24.3 Å². The Morgan fingerprint density at radius 2 is 1.51 bits per heavy atom. The molecule has 10 heteroatoms. The van der Waals surface area contributed by atoms with E-state index < -0.39 is 29.3 Å². The third kappa shape index (κ3) is 7.87. The fraction of sp³-hybridized carbons (Fsp3) is 0.387. The highest BCUT2D eigenvalue weighted by Crippen LogP contribution is 2.38. The Morgan fingerprint density at radius 1 is 0.878 bits per heavy atom. The summed E-state index contributed by atoms with van der Waals surface area (Å²) in [4.78, 5) is 17.1. The van der Waals surface area contributed by atoms with E-state index in [4.69, 9.17) is 0 Å². The van der Waals surface area contributed by atoms with Gasteiger partial charge in [0.1, 0.15) is 5.82 Å². The van der Waals surface area contributed by atoms with Gasteiger partial charge in [-0.3, -0.25) is 9.69 Å². The van der Waals surface area contributed by atoms with Crippen LogP contribution >= 0.6 is 0 Å². The second kappa shape index (κ2) is 12.2. The summed E-state index contributed by atoms with van der Waals surface area (Å²) in [6, 6.07) is 15.2. The van der Waals surface area contributed by atoms with Crippen LogP contribution in [-0.2, 0) is 18.9 Å². The van der Waals surface area contributed by atoms with Crippen molar-refractivity contribution in [3.8, 4) is 0 Å². The van der Waals surface area contributed by atoms with Gasteiger partial charge < -0.3 is 4.90 Å². The molecule has 1 amide bonds. The van der Waals surface area contributed by atoms with Crippen molar-refractivity contribution in [3.05, 3.63) is 106 Å². The molecule has 41 heavy (non-hydrogen) atoms. The number of likely N-dealkylation sites (tertiary alicyclic amines) is 1. The molecule has 1 saturated heterocycles. The molecule has 3 nitrogen and oxygen atoms in total. The van der Waals surface area contributed by atoms with E-state index >= 15 is 0 Å². The van der Waals surface area contributed by atoms with Crippen molar-refractivity contribution < 1.29 is 35.5 Å². The maximum atomic E-state index is 13.5. The summed E-state index contributed by atoms with van der Waals surface area (Å²) in [5, 5.41) is 0. The molecule has 0 bridgehead atoms. The molecule has 1 aliphatic heterocycles. The SMILES string of the molecule is CC(C)CN(C[C@@H]1CN(Cc2ccc(C(F)(F)F)cc2)C[C@@H]1c1cccc(C(F)(F)F)c1)C(=O)c1ccc(F)cc1. The van der Waals surface area contributed by atoms with E-state index in [1.165, 1.54) is 42.5 Å². The molecule has 3 aromatic carbocycles. The first-order valence-electron chi connectivity index (χ1n) is 13.3. The lowest BCUT2D eigenvalue weighted by atomic mass is 9.87. The van der Waals surface area contributed by atoms with E-state index in [0.29, 0.717) is 42.9 Å². The van der Waals surface area contributed by atoms with Gasteiger partial charge >= 0.3 is 12.4 Å². The van der Waals surface area contributed by atoms with Crippen molar-refractivity contribution in [1.82, 2.24) is 9.80 Å². The number of rotatable bonds is 8. The number of carbonyl (C=O) groups is 1. The van der Waals surface area contributed by atoms with Gasteiger partial charge in [0.05, 0.1) is 11.1 Å². The van der Waals surface area contributed by atoms with Crippen molar-refractivity contribution >= 4 is 5.91 Å². The average molecular weight is 581 g/mol. The maximum absolute atomic E-state index is 13.5. The number of hydrogen-bond acceptors (Lipinski definition) is 2. The zero-order valence-corrected chi connectivity index (χ0v) is 22.6. The predicted octanol–water partition coefficient (Wildman–Crippen LogP) is 7.88. The summed E-state index contributed by atoms with van der Waals surface area (Å²) in [6.07, 6.45) is -8.98. The topological polar surface area (TPSA) is 23.6 Å². The summed E-state index contributed by atoms with van der Waals surface area (Å²) >= 11 is 0. The average Bonchev–Trinajstić information content (AvgIpc) is 3.29. The molecule has 0 saturated carbocycles. The Labute approximate surface area is 234 Å². The van der Waals surface area contributed by atoms with Crippen LogP contribution in [0.15, 0.2) is 72.8 Å². The largest absolute Gasteiger partial charge is 0.416 e. The zero-order chi connectivity index (χ0) is 29.9. The minimum absolute atomic E-state index is 0.0936. The highest BCUT2D eigenvalue weighted by Gasteiger charge is 2.38. The molecule has 2 atom stereocenters. The molecule has 0 N–H and O–H groups in total. The van der Waals surface area contributed by atoms with Crippen LogP contribution in [0.1, 0.15) is 52.4 Å². The quantitative estimate of drug-likeness (QED) is 0.253. The van der Waals surface area contributed by atoms with Crippen LogP contribution < -0.4 is 0 Å². The molecule has 1 heterocycles. The molecule has 0 aromatic heterocycles. The van der Waals surface area contributed by atoms with E-state index in [1.807, 2.05) is 18.7 Å². The Kier molecular flexibility index (Phi) is 9.11. The Hall–Kier alpha value is -3.40. The van der Waals surface area contributed by atoms with Gasteiger partial charge in [0.2, 0.25) is 0 Å². The summed E-state index contributed by atoms with van der Waals surface area (Å²) < 4.78 is 93.1. The monoisotopic (exact) mass is 580 g/mol. The number of halogens is 7. The molecule has 4 rings (SSSR count). The fourth-order valence-electron chi connectivity index (χ4n) is 5.39. The van der Waals surface area contributed by atoms with Crippen LogP contribution in [0.3, 0.4) is 0 Å². The smallest absolute Gasteiger partial charge is 0.338 e. The van der Waals surface area contributed by atoms with Crippen molar-refractivity contribution in [2.24, 2.45) is 11.8 Å². The maximum Gasteiger partial charge on any atom is 0.416 e. The van der Waals surface area contributed by atoms with Crippen LogP contribution in [0.4, 0.5) is 30.7 Å². The van der Waals surface area contributed by atoms with Crippen LogP contribution in [0.25, 0.3) is 0 Å². The molecular weight excluding hydrogens is 549 g/mol. The first-order chi connectivity index (χ1) is 19.2. The van der Waals surface area contributed by atoms with E-state index in [-0.39, 0.29) is 30.2 Å². The Morgan fingerprint density at radius 3 is 2.10 bits per heavy atom. The van der Waals surface area contributed by atoms with Crippen LogP contribution in [0.5, 0.6) is 0 Å². The number of hydrogen-bond donors (Lipinski definition) is 0. The molecule has 1 fully saturated rings. The third-order valence-corrected chi connectivity index (χ3v) is 7.27. The lowest BCUT2D eigenvalue weighted by molar-refractivity contribution is -0.138. The van der Waals surface area contributed by atoms with Gasteiger partial charge in [0, 0.05) is 44.2 Å². The Balaban J connectivity index is 1.62. The number of alkyl halides is 6. The second-order valence-corrected chi connectivity index (χ2v) is 11.0. The number of carbonyl (C=O) groups excluding carboxylic acids is 1. The Bertz CT molecular complexity index is 1320. The summed E-state index contributed by atoms with van der Waals surface area (Å²) in [5.74, 6) is -1.30. The van der Waals surface area contributed by atoms with Crippen molar-refractivity contribution in [2.75, 3.05) is 26.2 Å². The van der Waals surface area contributed by atoms with Gasteiger partial charge in [-0.15, -0.1) is 0 Å². The lowest BCUT2D eigenvalue weighted by Gasteiger charge is -2.30. The molecule has 0 unspecified atom stereocenters. The van der Waals surface area contributed by atoms with E-state index in [9.17, 15) is 35.5 Å². The van der Waals surface area contributed by atoms with Gasteiger partial charge in [-0.25, -0.2) is 4.39 Å². The second-order valence-electron chi connectivity index (χ2n) is 11.0. The fourth-order valence-corrected chi connectivity index (χ4v) is 5.39. The van der Waals surface area contributed by atoms with Gasteiger partial charge in [-0.2, -0.15) is 26.3 Å². The minimum Gasteiger partial charge on any atom is -0.338 e. The van der Waals surface area contributed by atoms with Gasteiger partial charge in [-0.05, 0) is 65.4 Å². The molecule has 1 aliphatic rings. The van der Waals surface area contributed by atoms with Crippen LogP contribution in [-0.4, -0.2) is 41.9 Å². The first-order valence-corrected chi connectivity index (χ1v) is 13.3. The van der Waals surface area contributed by atoms with Crippen LogP contribution in [0, 0.1) is 17.7 Å². The van der Waals surface area contributed by atoms with Crippen molar-refractivity contribution in [3.63, 3.8) is 0 Å². The normalized spacial score (nSPS) is 18.2. The van der Waals surface area contributed by atoms with Gasteiger partial charge in [-0.1, -0.05) is 44.2 Å². The van der Waals surface area contributed by atoms with Crippen molar-refractivity contribution in [2.45, 2.75) is 38.7 Å². The molecule has 3 aromatic rings. The van der Waals surface area contributed by atoms with E-state index in [2.05, 4.69) is 0 Å². The third-order valence-electron chi connectivity index (χ3n) is 7.27. The summed E-state index contributed by atoms with van der Waals surface area (Å²) in [5.41, 5.74) is -0.0917.